The molecule has 0 radical (unpaired) electrons. The second-order valence-corrected chi connectivity index (χ2v) is 4.24. The second kappa shape index (κ2) is 6.68. The van der Waals surface area contributed by atoms with Gasteiger partial charge in [0.1, 0.15) is 0 Å². The Kier molecular flexibility index (Phi) is 5.23. The molecule has 1 aromatic carbocycles. The van der Waals surface area contributed by atoms with Crippen LogP contribution in [0.25, 0.3) is 0 Å². The van der Waals surface area contributed by atoms with E-state index >= 15 is 0 Å². The predicted molar refractivity (Wildman–Crippen MR) is 69.4 cm³/mol. The van der Waals surface area contributed by atoms with Crippen LogP contribution < -0.4 is 0 Å². The van der Waals surface area contributed by atoms with Gasteiger partial charge in [0.15, 0.2) is 12.3 Å². The molecule has 2 atom stereocenters. The zero-order chi connectivity index (χ0) is 14.4. The molecular weight excluding hydrogens is 246 g/mol. The Morgan fingerprint density at radius 3 is 2.26 bits per heavy atom. The number of ether oxygens (including phenoxy) is 1. The van der Waals surface area contributed by atoms with E-state index in [1.165, 1.54) is 7.11 Å². The normalized spacial score (nSPS) is 13.2. The molecule has 0 saturated heterocycles. The quantitative estimate of drug-likeness (QED) is 0.440. The van der Waals surface area contributed by atoms with Crippen LogP contribution in [0.15, 0.2) is 24.3 Å². The first-order valence-corrected chi connectivity index (χ1v) is 5.87. The van der Waals surface area contributed by atoms with Crippen molar-refractivity contribution in [1.29, 1.82) is 0 Å². The molecule has 0 aliphatic heterocycles. The Hall–Kier alpha value is -2.17. The Balaban J connectivity index is 3.01. The van der Waals surface area contributed by atoms with Gasteiger partial charge in [0.05, 0.1) is 13.2 Å². The van der Waals surface area contributed by atoms with Gasteiger partial charge in [-0.1, -0.05) is 29.8 Å². The van der Waals surface area contributed by atoms with E-state index in [9.17, 15) is 14.4 Å². The van der Waals surface area contributed by atoms with Gasteiger partial charge < -0.3 is 14.4 Å². The van der Waals surface area contributed by atoms with Crippen LogP contribution in [0, 0.1) is 6.92 Å². The Morgan fingerprint density at radius 2 is 1.84 bits per heavy atom. The Morgan fingerprint density at radius 1 is 1.26 bits per heavy atom. The lowest BCUT2D eigenvalue weighted by Crippen LogP contribution is -2.43. The highest BCUT2D eigenvalue weighted by molar-refractivity contribution is 5.94. The van der Waals surface area contributed by atoms with Crippen LogP contribution >= 0.6 is 0 Å². The van der Waals surface area contributed by atoms with Crippen molar-refractivity contribution < 1.29 is 19.1 Å². The molecule has 0 bridgehead atoms. The fraction of sp³-hybridized carbons (Fsp3) is 0.357. The maximum absolute atomic E-state index is 11.5. The summed E-state index contributed by atoms with van der Waals surface area (Å²) in [5.74, 6) is -0.749. The molecule has 0 heterocycles. The fourth-order valence-electron chi connectivity index (χ4n) is 1.78. The monoisotopic (exact) mass is 263 g/mol. The number of amides is 1. The van der Waals surface area contributed by atoms with Gasteiger partial charge in [-0.3, -0.25) is 4.79 Å². The van der Waals surface area contributed by atoms with Crippen LogP contribution in [0.3, 0.4) is 0 Å². The lowest BCUT2D eigenvalue weighted by Gasteiger charge is -2.28. The summed E-state index contributed by atoms with van der Waals surface area (Å²) in [6.07, 6.45) is 0.894. The van der Waals surface area contributed by atoms with Gasteiger partial charge in [-0.15, -0.1) is 0 Å². The van der Waals surface area contributed by atoms with Gasteiger partial charge in [0.2, 0.25) is 6.41 Å². The molecule has 0 N–H and O–H groups in total. The molecule has 5 heteroatoms. The minimum absolute atomic E-state index is 0.396. The maximum atomic E-state index is 11.5. The molecule has 0 aliphatic carbocycles. The minimum Gasteiger partial charge on any atom is -0.467 e. The van der Waals surface area contributed by atoms with Crippen molar-refractivity contribution in [3.8, 4) is 0 Å². The van der Waals surface area contributed by atoms with E-state index in [0.717, 1.165) is 16.0 Å². The van der Waals surface area contributed by atoms with Gasteiger partial charge in [0.25, 0.3) is 0 Å². The third-order valence-electron chi connectivity index (χ3n) is 3.02. The first kappa shape index (κ1) is 14.9. The van der Waals surface area contributed by atoms with Crippen molar-refractivity contribution >= 4 is 18.7 Å². The van der Waals surface area contributed by atoms with Gasteiger partial charge in [0, 0.05) is 0 Å². The smallest absolute Gasteiger partial charge is 0.336 e. The van der Waals surface area contributed by atoms with Crippen molar-refractivity contribution in [1.82, 2.24) is 4.90 Å². The van der Waals surface area contributed by atoms with Crippen LogP contribution in [0.4, 0.5) is 0 Å². The first-order chi connectivity index (χ1) is 9.04. The molecule has 102 valence electrons. The Labute approximate surface area is 112 Å². The summed E-state index contributed by atoms with van der Waals surface area (Å²) in [5.41, 5.74) is 1.93. The molecule has 0 spiro atoms. The number of carbonyl (C=O) groups excluding carboxylic acids is 3. The number of carbonyl (C=O) groups is 3. The number of hydrogen-bond donors (Lipinski definition) is 0. The van der Waals surface area contributed by atoms with Gasteiger partial charge in [-0.25, -0.2) is 4.79 Å². The number of rotatable bonds is 6. The van der Waals surface area contributed by atoms with E-state index in [-0.39, 0.29) is 0 Å². The summed E-state index contributed by atoms with van der Waals surface area (Å²) in [4.78, 5) is 34.8. The van der Waals surface area contributed by atoms with Gasteiger partial charge in [-0.2, -0.15) is 0 Å². The summed E-state index contributed by atoms with van der Waals surface area (Å²) >= 11 is 0. The highest BCUT2D eigenvalue weighted by Gasteiger charge is 2.29. The average Bonchev–Trinajstić information content (AvgIpc) is 2.44. The molecule has 0 aliphatic rings. The molecule has 1 aromatic rings. The molecule has 0 fully saturated rings. The number of nitrogens with zero attached hydrogens (tertiary/aromatic N) is 1. The topological polar surface area (TPSA) is 63.7 Å². The summed E-state index contributed by atoms with van der Waals surface area (Å²) in [7, 11) is 1.18. The molecular formula is C14H17NO4. The zero-order valence-electron chi connectivity index (χ0n) is 11.2. The van der Waals surface area contributed by atoms with E-state index in [4.69, 9.17) is 0 Å². The molecule has 5 nitrogen and oxygen atoms in total. The zero-order valence-corrected chi connectivity index (χ0v) is 11.2. The largest absolute Gasteiger partial charge is 0.467 e. The van der Waals surface area contributed by atoms with Crippen LogP contribution in [0.1, 0.15) is 24.1 Å². The van der Waals surface area contributed by atoms with Crippen molar-refractivity contribution in [2.45, 2.75) is 25.9 Å². The average molecular weight is 263 g/mol. The number of aldehydes is 1. The molecule has 1 rings (SSSR count). The molecule has 2 unspecified atom stereocenters. The second-order valence-electron chi connectivity index (χ2n) is 4.24. The number of aryl methyl sites for hydroxylation is 1. The third-order valence-corrected chi connectivity index (χ3v) is 3.02. The maximum Gasteiger partial charge on any atom is 0.336 e. The van der Waals surface area contributed by atoms with Crippen LogP contribution in [0.2, 0.25) is 0 Å². The van der Waals surface area contributed by atoms with Gasteiger partial charge in [-0.05, 0) is 19.4 Å². The number of benzene rings is 1. The van der Waals surface area contributed by atoms with E-state index in [2.05, 4.69) is 4.74 Å². The first-order valence-electron chi connectivity index (χ1n) is 5.87. The SMILES string of the molecule is COC(=O)C(C=O)N(C=O)C(C)c1ccc(C)cc1. The summed E-state index contributed by atoms with van der Waals surface area (Å²) < 4.78 is 4.52. The molecule has 0 saturated carbocycles. The highest BCUT2D eigenvalue weighted by Crippen LogP contribution is 2.21. The summed E-state index contributed by atoms with van der Waals surface area (Å²) in [5, 5.41) is 0. The van der Waals surface area contributed by atoms with Crippen LogP contribution in [-0.2, 0) is 19.1 Å². The minimum atomic E-state index is -1.22. The molecule has 0 aromatic heterocycles. The van der Waals surface area contributed by atoms with E-state index in [1.807, 2.05) is 31.2 Å². The number of esters is 1. The van der Waals surface area contributed by atoms with Crippen LogP contribution in [0.5, 0.6) is 0 Å². The number of hydrogen-bond acceptors (Lipinski definition) is 4. The molecule has 1 amide bonds. The standard InChI is InChI=1S/C14H17NO4/c1-10-4-6-12(7-5-10)11(2)15(9-17)13(8-16)14(18)19-3/h4-9,11,13H,1-3H3. The lowest BCUT2D eigenvalue weighted by atomic mass is 10.0. The van der Waals surface area contributed by atoms with Crippen molar-refractivity contribution in [3.63, 3.8) is 0 Å². The van der Waals surface area contributed by atoms with Crippen molar-refractivity contribution in [2.24, 2.45) is 0 Å². The van der Waals surface area contributed by atoms with E-state index in [1.54, 1.807) is 6.92 Å². The van der Waals surface area contributed by atoms with Crippen molar-refractivity contribution in [3.05, 3.63) is 35.4 Å². The summed E-state index contributed by atoms with van der Waals surface area (Å²) in [6, 6.07) is 5.91. The Bertz CT molecular complexity index is 455. The van der Waals surface area contributed by atoms with E-state index < -0.39 is 18.1 Å². The summed E-state index contributed by atoms with van der Waals surface area (Å²) in [6.45, 7) is 3.70. The van der Waals surface area contributed by atoms with E-state index in [0.29, 0.717) is 12.7 Å². The molecule has 19 heavy (non-hydrogen) atoms. The lowest BCUT2D eigenvalue weighted by molar-refractivity contribution is -0.152. The third kappa shape index (κ3) is 3.40. The fourth-order valence-corrected chi connectivity index (χ4v) is 1.78. The number of methoxy groups -OCH3 is 1. The highest BCUT2D eigenvalue weighted by atomic mass is 16.5. The van der Waals surface area contributed by atoms with Crippen LogP contribution in [-0.4, -0.2) is 36.7 Å². The predicted octanol–water partition coefficient (Wildman–Crippen LogP) is 1.25. The van der Waals surface area contributed by atoms with Gasteiger partial charge >= 0.3 is 5.97 Å². The van der Waals surface area contributed by atoms with Crippen molar-refractivity contribution in [2.75, 3.05) is 7.11 Å².